The topological polar surface area (TPSA) is 84.4 Å². The van der Waals surface area contributed by atoms with Gasteiger partial charge in [0.2, 0.25) is 16.0 Å². The summed E-state index contributed by atoms with van der Waals surface area (Å²) in [5, 5.41) is 2.90. The normalized spacial score (nSPS) is 24.5. The molecule has 2 heterocycles. The van der Waals surface area contributed by atoms with E-state index in [-0.39, 0.29) is 24.5 Å². The summed E-state index contributed by atoms with van der Waals surface area (Å²) >= 11 is 0. The van der Waals surface area contributed by atoms with Crippen LogP contribution < -0.4 is 5.32 Å². The second kappa shape index (κ2) is 6.47. The molecule has 7 nitrogen and oxygen atoms in total. The molecule has 112 valence electrons. The van der Waals surface area contributed by atoms with Crippen LogP contribution in [-0.2, 0) is 14.8 Å². The highest BCUT2D eigenvalue weighted by atomic mass is 32.2. The first-order valence-corrected chi connectivity index (χ1v) is 8.22. The summed E-state index contributed by atoms with van der Waals surface area (Å²) < 4.78 is 31.6. The SMILES string of the molecule is CC1CN(S(=O)(=O)CCNc2ncccn2)CC(C)O1. The summed E-state index contributed by atoms with van der Waals surface area (Å²) in [6.07, 6.45) is 3.07. The predicted molar refractivity (Wildman–Crippen MR) is 75.9 cm³/mol. The van der Waals surface area contributed by atoms with Gasteiger partial charge < -0.3 is 10.1 Å². The van der Waals surface area contributed by atoms with Crippen LogP contribution in [0.15, 0.2) is 18.5 Å². The van der Waals surface area contributed by atoms with Crippen molar-refractivity contribution in [3.05, 3.63) is 18.5 Å². The summed E-state index contributed by atoms with van der Waals surface area (Å²) in [5.74, 6) is 0.455. The highest BCUT2D eigenvalue weighted by Gasteiger charge is 2.30. The van der Waals surface area contributed by atoms with Crippen LogP contribution in [0.4, 0.5) is 5.95 Å². The molecule has 20 heavy (non-hydrogen) atoms. The van der Waals surface area contributed by atoms with Crippen molar-refractivity contribution >= 4 is 16.0 Å². The Balaban J connectivity index is 1.87. The van der Waals surface area contributed by atoms with Gasteiger partial charge in [0.25, 0.3) is 0 Å². The number of ether oxygens (including phenoxy) is 1. The van der Waals surface area contributed by atoms with Crippen molar-refractivity contribution in [2.45, 2.75) is 26.1 Å². The van der Waals surface area contributed by atoms with Gasteiger partial charge in [-0.05, 0) is 19.9 Å². The van der Waals surface area contributed by atoms with Crippen LogP contribution in [0.5, 0.6) is 0 Å². The van der Waals surface area contributed by atoms with E-state index in [1.54, 1.807) is 18.5 Å². The maximum absolute atomic E-state index is 12.3. The van der Waals surface area contributed by atoms with Gasteiger partial charge in [-0.15, -0.1) is 0 Å². The molecule has 0 radical (unpaired) electrons. The summed E-state index contributed by atoms with van der Waals surface area (Å²) in [4.78, 5) is 7.97. The lowest BCUT2D eigenvalue weighted by Crippen LogP contribution is -2.49. The Hall–Kier alpha value is -1.25. The van der Waals surface area contributed by atoms with E-state index in [1.165, 1.54) is 4.31 Å². The third kappa shape index (κ3) is 4.12. The minimum Gasteiger partial charge on any atom is -0.373 e. The van der Waals surface area contributed by atoms with Crippen LogP contribution in [0.3, 0.4) is 0 Å². The van der Waals surface area contributed by atoms with Gasteiger partial charge in [0.05, 0.1) is 18.0 Å². The number of sulfonamides is 1. The average molecular weight is 300 g/mol. The van der Waals surface area contributed by atoms with Crippen LogP contribution in [0.25, 0.3) is 0 Å². The van der Waals surface area contributed by atoms with Crippen LogP contribution >= 0.6 is 0 Å². The Morgan fingerprint density at radius 2 is 1.90 bits per heavy atom. The lowest BCUT2D eigenvalue weighted by atomic mass is 10.3. The standard InChI is InChI=1S/C12H20N4O3S/c1-10-8-16(9-11(2)19-10)20(17,18)7-6-15-12-13-4-3-5-14-12/h3-5,10-11H,6-9H2,1-2H3,(H,13,14,15). The van der Waals surface area contributed by atoms with E-state index >= 15 is 0 Å². The van der Waals surface area contributed by atoms with Crippen molar-refractivity contribution in [3.8, 4) is 0 Å². The van der Waals surface area contributed by atoms with Gasteiger partial charge >= 0.3 is 0 Å². The van der Waals surface area contributed by atoms with Crippen LogP contribution in [-0.4, -0.2) is 60.3 Å². The molecule has 1 saturated heterocycles. The lowest BCUT2D eigenvalue weighted by Gasteiger charge is -2.34. The molecule has 1 fully saturated rings. The Bertz CT molecular complexity index is 513. The fourth-order valence-electron chi connectivity index (χ4n) is 2.17. The minimum absolute atomic E-state index is 0.0185. The number of morpholine rings is 1. The molecule has 0 amide bonds. The fraction of sp³-hybridized carbons (Fsp3) is 0.667. The number of hydrogen-bond acceptors (Lipinski definition) is 6. The van der Waals surface area contributed by atoms with E-state index in [0.29, 0.717) is 19.0 Å². The van der Waals surface area contributed by atoms with E-state index in [0.717, 1.165) is 0 Å². The maximum atomic E-state index is 12.3. The molecular weight excluding hydrogens is 280 g/mol. The Morgan fingerprint density at radius 3 is 2.50 bits per heavy atom. The molecule has 1 aliphatic rings. The molecule has 1 aromatic heterocycles. The van der Waals surface area contributed by atoms with Gasteiger partial charge in [0.15, 0.2) is 0 Å². The zero-order valence-corrected chi connectivity index (χ0v) is 12.5. The summed E-state index contributed by atoms with van der Waals surface area (Å²) in [6.45, 7) is 4.87. The Morgan fingerprint density at radius 1 is 1.30 bits per heavy atom. The van der Waals surface area contributed by atoms with Gasteiger partial charge in [-0.2, -0.15) is 4.31 Å². The van der Waals surface area contributed by atoms with Crippen LogP contribution in [0, 0.1) is 0 Å². The Kier molecular flexibility index (Phi) is 4.90. The summed E-state index contributed by atoms with van der Waals surface area (Å²) in [5.41, 5.74) is 0. The molecule has 8 heteroatoms. The van der Waals surface area contributed by atoms with Gasteiger partial charge in [0.1, 0.15) is 0 Å². The molecule has 0 saturated carbocycles. The summed E-state index contributed by atoms with van der Waals surface area (Å²) in [7, 11) is -3.28. The van der Waals surface area contributed by atoms with Crippen molar-refractivity contribution in [1.29, 1.82) is 0 Å². The van der Waals surface area contributed by atoms with Crippen molar-refractivity contribution in [3.63, 3.8) is 0 Å². The first-order valence-electron chi connectivity index (χ1n) is 6.61. The summed E-state index contributed by atoms with van der Waals surface area (Å²) in [6, 6.07) is 1.71. The Labute approximate surface area is 119 Å². The van der Waals surface area contributed by atoms with E-state index in [4.69, 9.17) is 4.74 Å². The second-order valence-electron chi connectivity index (χ2n) is 4.89. The molecule has 2 atom stereocenters. The smallest absolute Gasteiger partial charge is 0.222 e. The number of hydrogen-bond donors (Lipinski definition) is 1. The maximum Gasteiger partial charge on any atom is 0.222 e. The monoisotopic (exact) mass is 300 g/mol. The molecule has 1 aliphatic heterocycles. The van der Waals surface area contributed by atoms with Gasteiger partial charge in [0, 0.05) is 32.0 Å². The van der Waals surface area contributed by atoms with Gasteiger partial charge in [-0.1, -0.05) is 0 Å². The van der Waals surface area contributed by atoms with E-state index in [9.17, 15) is 8.42 Å². The number of anilines is 1. The van der Waals surface area contributed by atoms with Crippen molar-refractivity contribution in [2.24, 2.45) is 0 Å². The second-order valence-corrected chi connectivity index (χ2v) is 6.98. The van der Waals surface area contributed by atoms with Crippen molar-refractivity contribution in [1.82, 2.24) is 14.3 Å². The van der Waals surface area contributed by atoms with E-state index < -0.39 is 10.0 Å². The van der Waals surface area contributed by atoms with Gasteiger partial charge in [-0.3, -0.25) is 0 Å². The zero-order chi connectivity index (χ0) is 14.6. The molecule has 2 unspecified atom stereocenters. The molecule has 0 aromatic carbocycles. The molecule has 0 aliphatic carbocycles. The third-order valence-corrected chi connectivity index (χ3v) is 4.79. The van der Waals surface area contributed by atoms with E-state index in [1.807, 2.05) is 13.8 Å². The molecule has 2 rings (SSSR count). The molecule has 1 aromatic rings. The fourth-order valence-corrected chi connectivity index (χ4v) is 3.66. The predicted octanol–water partition coefficient (Wildman–Crippen LogP) is 0.328. The quantitative estimate of drug-likeness (QED) is 0.843. The first kappa shape index (κ1) is 15.1. The highest BCUT2D eigenvalue weighted by molar-refractivity contribution is 7.89. The number of nitrogens with one attached hydrogen (secondary N) is 1. The molecule has 0 spiro atoms. The lowest BCUT2D eigenvalue weighted by molar-refractivity contribution is -0.0440. The van der Waals surface area contributed by atoms with Gasteiger partial charge in [-0.25, -0.2) is 18.4 Å². The molecular formula is C12H20N4O3S. The third-order valence-electron chi connectivity index (χ3n) is 2.99. The highest BCUT2D eigenvalue weighted by Crippen LogP contribution is 2.14. The number of aromatic nitrogens is 2. The average Bonchev–Trinajstić information content (AvgIpc) is 2.38. The molecule has 1 N–H and O–H groups in total. The minimum atomic E-state index is -3.28. The van der Waals surface area contributed by atoms with Crippen molar-refractivity contribution in [2.75, 3.05) is 30.7 Å². The van der Waals surface area contributed by atoms with Crippen LogP contribution in [0.2, 0.25) is 0 Å². The largest absolute Gasteiger partial charge is 0.373 e. The number of nitrogens with zero attached hydrogens (tertiary/aromatic N) is 3. The van der Waals surface area contributed by atoms with Crippen molar-refractivity contribution < 1.29 is 13.2 Å². The van der Waals surface area contributed by atoms with Crippen LogP contribution in [0.1, 0.15) is 13.8 Å². The zero-order valence-electron chi connectivity index (χ0n) is 11.7. The number of rotatable bonds is 5. The molecule has 0 bridgehead atoms. The first-order chi connectivity index (χ1) is 9.47. The van der Waals surface area contributed by atoms with E-state index in [2.05, 4.69) is 15.3 Å².